The van der Waals surface area contributed by atoms with Gasteiger partial charge >= 0.3 is 0 Å². The molecule has 0 spiro atoms. The van der Waals surface area contributed by atoms with E-state index in [2.05, 4.69) is 16.1 Å². The molecule has 3 aromatic rings. The summed E-state index contributed by atoms with van der Waals surface area (Å²) in [7, 11) is 0. The highest BCUT2D eigenvalue weighted by molar-refractivity contribution is 7.20. The normalized spacial score (nSPS) is 13.1. The first-order valence-corrected chi connectivity index (χ1v) is 6.96. The van der Waals surface area contributed by atoms with Gasteiger partial charge in [-0.15, -0.1) is 11.6 Å². The van der Waals surface area contributed by atoms with Crippen LogP contribution >= 0.6 is 22.9 Å². The Balaban J connectivity index is 2.14. The largest absolute Gasteiger partial charge is 0.218 e. The van der Waals surface area contributed by atoms with E-state index in [0.29, 0.717) is 0 Å². The fourth-order valence-corrected chi connectivity index (χ4v) is 3.15. The van der Waals surface area contributed by atoms with E-state index in [0.717, 1.165) is 21.9 Å². The van der Waals surface area contributed by atoms with Gasteiger partial charge in [0.1, 0.15) is 0 Å². The minimum atomic E-state index is -0.0341. The number of hydrogen-bond acceptors (Lipinski definition) is 3. The van der Waals surface area contributed by atoms with Crippen LogP contribution in [0.25, 0.3) is 15.3 Å². The van der Waals surface area contributed by atoms with Gasteiger partial charge in [0.25, 0.3) is 0 Å². The van der Waals surface area contributed by atoms with Gasteiger partial charge in [-0.3, -0.25) is 0 Å². The lowest BCUT2D eigenvalue weighted by molar-refractivity contribution is 0.837. The lowest BCUT2D eigenvalue weighted by Crippen LogP contribution is -1.98. The maximum absolute atomic E-state index is 6.12. The zero-order valence-corrected chi connectivity index (χ0v) is 11.7. The Morgan fingerprint density at radius 1 is 1.33 bits per heavy atom. The second-order valence-electron chi connectivity index (χ2n) is 4.18. The smallest absolute Gasteiger partial charge is 0.211 e. The van der Waals surface area contributed by atoms with Crippen molar-refractivity contribution in [2.45, 2.75) is 19.2 Å². The second kappa shape index (κ2) is 4.37. The van der Waals surface area contributed by atoms with Gasteiger partial charge < -0.3 is 0 Å². The van der Waals surface area contributed by atoms with Crippen LogP contribution < -0.4 is 0 Å². The molecule has 3 rings (SSSR count). The molecule has 2 heterocycles. The lowest BCUT2D eigenvalue weighted by atomic mass is 10.2. The first kappa shape index (κ1) is 11.7. The van der Waals surface area contributed by atoms with Gasteiger partial charge in [-0.2, -0.15) is 5.10 Å². The molecule has 0 bridgehead atoms. The number of thiazole rings is 1. The quantitative estimate of drug-likeness (QED) is 0.661. The van der Waals surface area contributed by atoms with Gasteiger partial charge in [0.05, 0.1) is 21.8 Å². The van der Waals surface area contributed by atoms with Crippen LogP contribution in [0.4, 0.5) is 0 Å². The monoisotopic (exact) mass is 277 g/mol. The molecule has 0 fully saturated rings. The molecule has 3 nitrogen and oxygen atoms in total. The molecule has 0 N–H and O–H groups in total. The SMILES string of the molecule is Cc1c(C(C)Cl)cnn1-c1nc2ccccc2s1. The van der Waals surface area contributed by atoms with Crippen molar-refractivity contribution >= 4 is 33.2 Å². The summed E-state index contributed by atoms with van der Waals surface area (Å²) < 4.78 is 3.03. The molecule has 1 atom stereocenters. The molecule has 1 aromatic carbocycles. The first-order chi connectivity index (χ1) is 8.66. The highest BCUT2D eigenvalue weighted by Crippen LogP contribution is 2.28. The molecule has 0 saturated carbocycles. The third-order valence-electron chi connectivity index (χ3n) is 2.94. The third-order valence-corrected chi connectivity index (χ3v) is 4.19. The minimum absolute atomic E-state index is 0.0341. The number of rotatable bonds is 2. The summed E-state index contributed by atoms with van der Waals surface area (Å²) in [6, 6.07) is 8.10. The van der Waals surface area contributed by atoms with E-state index >= 15 is 0 Å². The van der Waals surface area contributed by atoms with Crippen LogP contribution in [0.2, 0.25) is 0 Å². The van der Waals surface area contributed by atoms with Crippen molar-refractivity contribution < 1.29 is 0 Å². The summed E-state index contributed by atoms with van der Waals surface area (Å²) >= 11 is 7.75. The summed E-state index contributed by atoms with van der Waals surface area (Å²) in [5.41, 5.74) is 3.11. The lowest BCUT2D eigenvalue weighted by Gasteiger charge is -2.02. The highest BCUT2D eigenvalue weighted by Gasteiger charge is 2.14. The molecule has 0 aliphatic heterocycles. The van der Waals surface area contributed by atoms with Crippen molar-refractivity contribution in [2.75, 3.05) is 0 Å². The van der Waals surface area contributed by atoms with Crippen molar-refractivity contribution in [3.8, 4) is 5.13 Å². The molecule has 0 aliphatic rings. The highest BCUT2D eigenvalue weighted by atomic mass is 35.5. The number of alkyl halides is 1. The van der Waals surface area contributed by atoms with Crippen LogP contribution in [0.3, 0.4) is 0 Å². The molecule has 1 unspecified atom stereocenters. The minimum Gasteiger partial charge on any atom is -0.218 e. The van der Waals surface area contributed by atoms with Crippen molar-refractivity contribution in [1.29, 1.82) is 0 Å². The Bertz CT molecular complexity index is 666. The predicted octanol–water partition coefficient (Wildman–Crippen LogP) is 4.09. The molecular formula is C13H12ClN3S. The van der Waals surface area contributed by atoms with Crippen LogP contribution in [0, 0.1) is 6.92 Å². The van der Waals surface area contributed by atoms with Crippen LogP contribution in [0.5, 0.6) is 0 Å². The standard InChI is InChI=1S/C13H12ClN3S/c1-8(14)10-7-15-17(9(10)2)13-16-11-5-3-4-6-12(11)18-13/h3-8H,1-2H3. The third kappa shape index (κ3) is 1.82. The van der Waals surface area contributed by atoms with Crippen molar-refractivity contribution in [3.63, 3.8) is 0 Å². The van der Waals surface area contributed by atoms with Crippen molar-refractivity contribution in [2.24, 2.45) is 0 Å². The molecule has 92 valence electrons. The summed E-state index contributed by atoms with van der Waals surface area (Å²) in [5.74, 6) is 0. The molecule has 18 heavy (non-hydrogen) atoms. The van der Waals surface area contributed by atoms with Gasteiger partial charge in [-0.05, 0) is 26.0 Å². The van der Waals surface area contributed by atoms with Crippen molar-refractivity contribution in [1.82, 2.24) is 14.8 Å². The summed E-state index contributed by atoms with van der Waals surface area (Å²) in [6.07, 6.45) is 1.82. The predicted molar refractivity (Wildman–Crippen MR) is 75.7 cm³/mol. The van der Waals surface area contributed by atoms with E-state index in [4.69, 9.17) is 11.6 Å². The van der Waals surface area contributed by atoms with Crippen molar-refractivity contribution in [3.05, 3.63) is 41.7 Å². The Kier molecular flexibility index (Phi) is 2.84. The number of halogens is 1. The van der Waals surface area contributed by atoms with E-state index in [1.165, 1.54) is 4.70 Å². The van der Waals surface area contributed by atoms with Gasteiger partial charge in [-0.25, -0.2) is 9.67 Å². The first-order valence-electron chi connectivity index (χ1n) is 5.71. The summed E-state index contributed by atoms with van der Waals surface area (Å²) in [6.45, 7) is 3.97. The van der Waals surface area contributed by atoms with Gasteiger partial charge in [0, 0.05) is 11.3 Å². The molecule has 2 aromatic heterocycles. The Hall–Kier alpha value is -1.39. The van der Waals surface area contributed by atoms with E-state index < -0.39 is 0 Å². The van der Waals surface area contributed by atoms with Crippen LogP contribution in [0.1, 0.15) is 23.6 Å². The number of aromatic nitrogens is 3. The Morgan fingerprint density at radius 2 is 2.11 bits per heavy atom. The molecule has 0 amide bonds. The molecule has 0 radical (unpaired) electrons. The Morgan fingerprint density at radius 3 is 2.78 bits per heavy atom. The van der Waals surface area contributed by atoms with Crippen LogP contribution in [-0.4, -0.2) is 14.8 Å². The van der Waals surface area contributed by atoms with Crippen LogP contribution in [0.15, 0.2) is 30.5 Å². The van der Waals surface area contributed by atoms with E-state index in [-0.39, 0.29) is 5.38 Å². The topological polar surface area (TPSA) is 30.7 Å². The number of para-hydroxylation sites is 1. The summed E-state index contributed by atoms with van der Waals surface area (Å²) in [4.78, 5) is 4.59. The van der Waals surface area contributed by atoms with E-state index in [9.17, 15) is 0 Å². The fraction of sp³-hybridized carbons (Fsp3) is 0.231. The van der Waals surface area contributed by atoms with Gasteiger partial charge in [-0.1, -0.05) is 23.5 Å². The molecule has 0 aliphatic carbocycles. The fourth-order valence-electron chi connectivity index (χ4n) is 1.96. The Labute approximate surface area is 114 Å². The van der Waals surface area contributed by atoms with Crippen LogP contribution in [-0.2, 0) is 0 Å². The van der Waals surface area contributed by atoms with E-state index in [1.807, 2.05) is 42.9 Å². The number of fused-ring (bicyclic) bond motifs is 1. The zero-order valence-electron chi connectivity index (χ0n) is 10.1. The molecule has 0 saturated heterocycles. The van der Waals surface area contributed by atoms with E-state index in [1.54, 1.807) is 11.3 Å². The van der Waals surface area contributed by atoms with Gasteiger partial charge in [0.2, 0.25) is 5.13 Å². The maximum atomic E-state index is 6.12. The average molecular weight is 278 g/mol. The number of benzene rings is 1. The summed E-state index contributed by atoms with van der Waals surface area (Å²) in [5, 5.41) is 5.23. The second-order valence-corrected chi connectivity index (χ2v) is 5.84. The molecule has 5 heteroatoms. The maximum Gasteiger partial charge on any atom is 0.211 e. The number of nitrogens with zero attached hydrogens (tertiary/aromatic N) is 3. The number of hydrogen-bond donors (Lipinski definition) is 0. The van der Waals surface area contributed by atoms with Gasteiger partial charge in [0.15, 0.2) is 0 Å². The molecular weight excluding hydrogens is 266 g/mol. The average Bonchev–Trinajstić information content (AvgIpc) is 2.91. The zero-order chi connectivity index (χ0) is 12.7.